The Balaban J connectivity index is 1.59. The van der Waals surface area contributed by atoms with Gasteiger partial charge < -0.3 is 4.90 Å². The molecule has 3 aromatic heterocycles. The number of thioether (sulfide) groups is 1. The molecule has 2 atom stereocenters. The molecular weight excluding hydrogens is 410 g/mol. The Bertz CT molecular complexity index is 1040. The van der Waals surface area contributed by atoms with Crippen molar-refractivity contribution in [1.29, 1.82) is 0 Å². The summed E-state index contributed by atoms with van der Waals surface area (Å²) in [6, 6.07) is 4.57. The van der Waals surface area contributed by atoms with Crippen molar-refractivity contribution >= 4 is 50.6 Å². The maximum absolute atomic E-state index is 13.0. The number of amides is 1. The topological polar surface area (TPSA) is 55.2 Å². The van der Waals surface area contributed by atoms with Gasteiger partial charge in [-0.05, 0) is 44.6 Å². The molecule has 0 radical (unpaired) electrons. The van der Waals surface area contributed by atoms with Gasteiger partial charge in [-0.1, -0.05) is 17.8 Å². The van der Waals surface area contributed by atoms with E-state index in [0.717, 1.165) is 28.1 Å². The molecule has 3 aromatic rings. The molecule has 0 N–H and O–H groups in total. The van der Waals surface area contributed by atoms with E-state index in [-0.39, 0.29) is 23.6 Å². The average Bonchev–Trinajstić information content (AvgIpc) is 3.32. The fraction of sp³-hybridized carbons (Fsp3) is 0.450. The van der Waals surface area contributed by atoms with Crippen molar-refractivity contribution in [3.8, 4) is 10.4 Å². The van der Waals surface area contributed by atoms with Gasteiger partial charge in [-0.2, -0.15) is 0 Å². The summed E-state index contributed by atoms with van der Waals surface area (Å²) in [5, 5.41) is 5.28. The largest absolute Gasteiger partial charge is 0.337 e. The highest BCUT2D eigenvalue weighted by Gasteiger charge is 2.29. The van der Waals surface area contributed by atoms with Gasteiger partial charge >= 0.3 is 0 Å². The second-order valence-corrected chi connectivity index (χ2v) is 10.0. The van der Waals surface area contributed by atoms with Crippen LogP contribution in [0, 0.1) is 0 Å². The number of fused-ring (bicyclic) bond motifs is 1. The average molecular weight is 434 g/mol. The summed E-state index contributed by atoms with van der Waals surface area (Å²) in [7, 11) is 1.74. The number of rotatable bonds is 4. The third kappa shape index (κ3) is 3.53. The number of carbonyl (C=O) groups is 1. The maximum atomic E-state index is 13.0. The van der Waals surface area contributed by atoms with Crippen molar-refractivity contribution in [1.82, 2.24) is 14.5 Å². The number of piperidine rings is 1. The molecule has 28 heavy (non-hydrogen) atoms. The zero-order valence-electron chi connectivity index (χ0n) is 16.2. The molecule has 1 amide bonds. The molecule has 2 unspecified atom stereocenters. The van der Waals surface area contributed by atoms with Gasteiger partial charge in [0.15, 0.2) is 5.16 Å². The number of aromatic nitrogens is 2. The number of hydrogen-bond donors (Lipinski definition) is 0. The first-order valence-electron chi connectivity index (χ1n) is 9.43. The summed E-state index contributed by atoms with van der Waals surface area (Å²) in [5.74, 6) is 0.438. The Morgan fingerprint density at radius 3 is 2.71 bits per heavy atom. The van der Waals surface area contributed by atoms with E-state index in [9.17, 15) is 9.59 Å². The maximum Gasteiger partial charge on any atom is 0.263 e. The van der Waals surface area contributed by atoms with Gasteiger partial charge in [0.25, 0.3) is 5.56 Å². The Morgan fingerprint density at radius 1 is 1.29 bits per heavy atom. The summed E-state index contributed by atoms with van der Waals surface area (Å²) < 4.78 is 1.58. The third-order valence-electron chi connectivity index (χ3n) is 5.37. The van der Waals surface area contributed by atoms with Crippen LogP contribution in [0.2, 0.25) is 0 Å². The number of likely N-dealkylation sites (tertiary alicyclic amines) is 1. The highest BCUT2D eigenvalue weighted by molar-refractivity contribution is 7.99. The minimum absolute atomic E-state index is 0.0516. The normalized spacial score (nSPS) is 20.0. The summed E-state index contributed by atoms with van der Waals surface area (Å²) in [4.78, 5) is 34.3. The van der Waals surface area contributed by atoms with Crippen LogP contribution in [0.4, 0.5) is 0 Å². The molecule has 0 spiro atoms. The first-order chi connectivity index (χ1) is 13.5. The number of carbonyl (C=O) groups excluding carboxylic acids is 1. The zero-order chi connectivity index (χ0) is 19.8. The van der Waals surface area contributed by atoms with Crippen molar-refractivity contribution < 1.29 is 4.79 Å². The first-order valence-corrected chi connectivity index (χ1v) is 12.2. The van der Waals surface area contributed by atoms with E-state index in [2.05, 4.69) is 13.8 Å². The van der Waals surface area contributed by atoms with Crippen molar-refractivity contribution in [2.45, 2.75) is 50.4 Å². The molecule has 0 aliphatic carbocycles. The fourth-order valence-electron chi connectivity index (χ4n) is 3.91. The van der Waals surface area contributed by atoms with Crippen LogP contribution in [0.15, 0.2) is 32.8 Å². The van der Waals surface area contributed by atoms with Crippen molar-refractivity contribution in [2.24, 2.45) is 7.05 Å². The summed E-state index contributed by atoms with van der Waals surface area (Å²) >= 11 is 4.46. The Morgan fingerprint density at radius 2 is 2.04 bits per heavy atom. The van der Waals surface area contributed by atoms with Gasteiger partial charge in [-0.3, -0.25) is 14.2 Å². The van der Waals surface area contributed by atoms with Crippen LogP contribution < -0.4 is 5.56 Å². The van der Waals surface area contributed by atoms with E-state index < -0.39 is 0 Å². The zero-order valence-corrected chi connectivity index (χ0v) is 18.6. The lowest BCUT2D eigenvalue weighted by Crippen LogP contribution is -2.48. The predicted molar refractivity (Wildman–Crippen MR) is 119 cm³/mol. The standard InChI is InChI=1S/C20H23N3O2S3/c1-12-6-4-7-13(2)23(12)16(24)11-28-20-21-18-17(19(25)22(20)3)14(10-27-18)15-8-5-9-26-15/h5,8-10,12-13H,4,6-7,11H2,1-3H3. The van der Waals surface area contributed by atoms with Crippen LogP contribution in [0.1, 0.15) is 33.1 Å². The van der Waals surface area contributed by atoms with E-state index >= 15 is 0 Å². The predicted octanol–water partition coefficient (Wildman–Crippen LogP) is 4.61. The van der Waals surface area contributed by atoms with Crippen molar-refractivity contribution in [3.05, 3.63) is 33.2 Å². The number of thiophene rings is 2. The first kappa shape index (κ1) is 19.7. The molecule has 5 nitrogen and oxygen atoms in total. The van der Waals surface area contributed by atoms with Gasteiger partial charge in [0.2, 0.25) is 5.91 Å². The molecule has 0 aromatic carbocycles. The van der Waals surface area contributed by atoms with E-state index in [1.54, 1.807) is 23.0 Å². The minimum atomic E-state index is -0.0516. The SMILES string of the molecule is CC1CCCC(C)N1C(=O)CSc1nc2scc(-c3cccs3)c2c(=O)n1C. The van der Waals surface area contributed by atoms with E-state index in [4.69, 9.17) is 4.98 Å². The summed E-state index contributed by atoms with van der Waals surface area (Å²) in [6.07, 6.45) is 3.30. The molecule has 1 aliphatic heterocycles. The molecule has 4 heterocycles. The van der Waals surface area contributed by atoms with Gasteiger partial charge in [-0.15, -0.1) is 22.7 Å². The smallest absolute Gasteiger partial charge is 0.263 e. The van der Waals surface area contributed by atoms with E-state index in [1.165, 1.54) is 29.5 Å². The van der Waals surface area contributed by atoms with Crippen molar-refractivity contribution in [3.63, 3.8) is 0 Å². The van der Waals surface area contributed by atoms with Crippen LogP contribution in [-0.4, -0.2) is 38.2 Å². The highest BCUT2D eigenvalue weighted by atomic mass is 32.2. The molecule has 1 aliphatic rings. The van der Waals surface area contributed by atoms with E-state index in [0.29, 0.717) is 16.3 Å². The molecular formula is C20H23N3O2S3. The Kier molecular flexibility index (Phi) is 5.62. The van der Waals surface area contributed by atoms with Crippen LogP contribution in [0.5, 0.6) is 0 Å². The molecule has 1 saturated heterocycles. The molecule has 1 fully saturated rings. The Hall–Kier alpha value is -1.64. The summed E-state index contributed by atoms with van der Waals surface area (Å²) in [6.45, 7) is 4.24. The second kappa shape index (κ2) is 8.00. The lowest BCUT2D eigenvalue weighted by atomic mass is 9.98. The third-order valence-corrected chi connectivity index (χ3v) is 8.16. The Labute approximate surface area is 176 Å². The molecule has 0 bridgehead atoms. The van der Waals surface area contributed by atoms with Crippen LogP contribution in [0.3, 0.4) is 0 Å². The molecule has 8 heteroatoms. The van der Waals surface area contributed by atoms with Gasteiger partial charge in [0.1, 0.15) is 4.83 Å². The van der Waals surface area contributed by atoms with Crippen LogP contribution in [-0.2, 0) is 11.8 Å². The van der Waals surface area contributed by atoms with Gasteiger partial charge in [-0.25, -0.2) is 4.98 Å². The second-order valence-electron chi connectivity index (χ2n) is 7.28. The summed E-state index contributed by atoms with van der Waals surface area (Å²) in [5.41, 5.74) is 0.899. The lowest BCUT2D eigenvalue weighted by Gasteiger charge is -2.39. The van der Waals surface area contributed by atoms with Crippen molar-refractivity contribution in [2.75, 3.05) is 5.75 Å². The lowest BCUT2D eigenvalue weighted by molar-refractivity contribution is -0.134. The minimum Gasteiger partial charge on any atom is -0.337 e. The van der Waals surface area contributed by atoms with Gasteiger partial charge in [0.05, 0.1) is 11.1 Å². The molecule has 0 saturated carbocycles. The van der Waals surface area contributed by atoms with Crippen LogP contribution in [0.25, 0.3) is 20.7 Å². The highest BCUT2D eigenvalue weighted by Crippen LogP contribution is 2.34. The molecule has 148 valence electrons. The van der Waals surface area contributed by atoms with Gasteiger partial charge in [0, 0.05) is 35.0 Å². The fourth-order valence-corrected chi connectivity index (χ4v) is 6.55. The monoisotopic (exact) mass is 433 g/mol. The number of hydrogen-bond acceptors (Lipinski definition) is 6. The van der Waals surface area contributed by atoms with Crippen LogP contribution >= 0.6 is 34.4 Å². The quantitative estimate of drug-likeness (QED) is 0.446. The number of nitrogens with zero attached hydrogens (tertiary/aromatic N) is 3. The van der Waals surface area contributed by atoms with E-state index in [1.807, 2.05) is 27.8 Å². The molecule has 4 rings (SSSR count).